The van der Waals surface area contributed by atoms with Crippen molar-refractivity contribution in [3.8, 4) is 5.75 Å². The fourth-order valence-corrected chi connectivity index (χ4v) is 1.78. The van der Waals surface area contributed by atoms with Gasteiger partial charge in [-0.1, -0.05) is 0 Å². The number of rotatable bonds is 4. The SMILES string of the molecule is COc1ccc(C(=O)C(C)C(=O)OC(C)(C)C)cc1C. The highest BCUT2D eigenvalue weighted by atomic mass is 16.6. The number of methoxy groups -OCH3 is 1. The van der Waals surface area contributed by atoms with Crippen LogP contribution < -0.4 is 4.74 Å². The highest BCUT2D eigenvalue weighted by Gasteiger charge is 2.28. The molecule has 0 aliphatic heterocycles. The summed E-state index contributed by atoms with van der Waals surface area (Å²) in [4.78, 5) is 24.2. The number of carbonyl (C=O) groups is 2. The largest absolute Gasteiger partial charge is 0.496 e. The highest BCUT2D eigenvalue weighted by Crippen LogP contribution is 2.21. The van der Waals surface area contributed by atoms with E-state index in [1.54, 1.807) is 53.0 Å². The first-order valence-corrected chi connectivity index (χ1v) is 6.57. The summed E-state index contributed by atoms with van der Waals surface area (Å²) >= 11 is 0. The predicted octanol–water partition coefficient (Wildman–Crippen LogP) is 3.16. The van der Waals surface area contributed by atoms with Crippen LogP contribution in [0.5, 0.6) is 5.75 Å². The summed E-state index contributed by atoms with van der Waals surface area (Å²) in [6, 6.07) is 5.11. The van der Waals surface area contributed by atoms with Crippen molar-refractivity contribution in [3.05, 3.63) is 29.3 Å². The molecule has 1 unspecified atom stereocenters. The van der Waals surface area contributed by atoms with Crippen LogP contribution in [-0.2, 0) is 9.53 Å². The molecule has 1 rings (SSSR count). The van der Waals surface area contributed by atoms with Gasteiger partial charge in [0.25, 0.3) is 0 Å². The van der Waals surface area contributed by atoms with Crippen LogP contribution in [0.1, 0.15) is 43.6 Å². The second-order valence-corrected chi connectivity index (χ2v) is 5.80. The van der Waals surface area contributed by atoms with Gasteiger partial charge in [0.1, 0.15) is 17.3 Å². The summed E-state index contributed by atoms with van der Waals surface area (Å²) in [6.07, 6.45) is 0. The number of esters is 1. The molecule has 0 fully saturated rings. The van der Waals surface area contributed by atoms with Crippen LogP contribution in [0.4, 0.5) is 0 Å². The number of carbonyl (C=O) groups excluding carboxylic acids is 2. The minimum absolute atomic E-state index is 0.245. The Morgan fingerprint density at radius 2 is 1.80 bits per heavy atom. The number of Topliss-reactive ketones (excluding diaryl/α,β-unsaturated/α-hetero) is 1. The minimum atomic E-state index is -0.818. The van der Waals surface area contributed by atoms with Crippen molar-refractivity contribution >= 4 is 11.8 Å². The van der Waals surface area contributed by atoms with Gasteiger partial charge in [-0.3, -0.25) is 9.59 Å². The van der Waals surface area contributed by atoms with Gasteiger partial charge in [-0.2, -0.15) is 0 Å². The van der Waals surface area contributed by atoms with Gasteiger partial charge in [-0.25, -0.2) is 0 Å². The maximum absolute atomic E-state index is 12.3. The van der Waals surface area contributed by atoms with E-state index >= 15 is 0 Å². The van der Waals surface area contributed by atoms with E-state index in [1.165, 1.54) is 0 Å². The Labute approximate surface area is 120 Å². The van der Waals surface area contributed by atoms with Crippen molar-refractivity contribution in [3.63, 3.8) is 0 Å². The smallest absolute Gasteiger partial charge is 0.317 e. The molecule has 0 N–H and O–H groups in total. The third kappa shape index (κ3) is 4.08. The topological polar surface area (TPSA) is 52.6 Å². The third-order valence-corrected chi connectivity index (χ3v) is 2.83. The van der Waals surface area contributed by atoms with Crippen LogP contribution in [-0.4, -0.2) is 24.5 Å². The minimum Gasteiger partial charge on any atom is -0.496 e. The molecule has 0 spiro atoms. The summed E-state index contributed by atoms with van der Waals surface area (Å²) in [5.74, 6) is -0.852. The van der Waals surface area contributed by atoms with Crippen molar-refractivity contribution < 1.29 is 19.1 Å². The molecule has 4 nitrogen and oxygen atoms in total. The second kappa shape index (κ2) is 6.07. The van der Waals surface area contributed by atoms with Gasteiger partial charge < -0.3 is 9.47 Å². The molecule has 1 aromatic carbocycles. The summed E-state index contributed by atoms with van der Waals surface area (Å²) in [5, 5.41) is 0. The average molecular weight is 278 g/mol. The van der Waals surface area contributed by atoms with Crippen molar-refractivity contribution in [2.45, 2.75) is 40.2 Å². The van der Waals surface area contributed by atoms with Crippen LogP contribution in [0.2, 0.25) is 0 Å². The Balaban J connectivity index is 2.89. The molecular formula is C16H22O4. The second-order valence-electron chi connectivity index (χ2n) is 5.80. The van der Waals surface area contributed by atoms with E-state index in [2.05, 4.69) is 0 Å². The van der Waals surface area contributed by atoms with E-state index in [1.807, 2.05) is 6.92 Å². The average Bonchev–Trinajstić information content (AvgIpc) is 2.34. The van der Waals surface area contributed by atoms with Crippen molar-refractivity contribution in [2.75, 3.05) is 7.11 Å². The van der Waals surface area contributed by atoms with Gasteiger partial charge in [-0.15, -0.1) is 0 Å². The lowest BCUT2D eigenvalue weighted by molar-refractivity contribution is -0.157. The molecule has 0 bridgehead atoms. The first-order valence-electron chi connectivity index (χ1n) is 6.57. The zero-order chi connectivity index (χ0) is 15.5. The summed E-state index contributed by atoms with van der Waals surface area (Å²) in [6.45, 7) is 8.75. The Kier molecular flexibility index (Phi) is 4.93. The molecule has 0 aromatic heterocycles. The van der Waals surface area contributed by atoms with Gasteiger partial charge in [-0.05, 0) is 58.4 Å². The van der Waals surface area contributed by atoms with Crippen LogP contribution >= 0.6 is 0 Å². The van der Waals surface area contributed by atoms with Gasteiger partial charge in [0.2, 0.25) is 0 Å². The fraction of sp³-hybridized carbons (Fsp3) is 0.500. The number of ether oxygens (including phenoxy) is 2. The highest BCUT2D eigenvalue weighted by molar-refractivity contribution is 6.08. The van der Waals surface area contributed by atoms with Crippen molar-refractivity contribution in [1.29, 1.82) is 0 Å². The molecule has 1 atom stereocenters. The lowest BCUT2D eigenvalue weighted by Crippen LogP contribution is -2.31. The molecule has 4 heteroatoms. The normalized spacial score (nSPS) is 12.7. The molecule has 0 heterocycles. The Morgan fingerprint density at radius 1 is 1.20 bits per heavy atom. The van der Waals surface area contributed by atoms with Gasteiger partial charge in [0.15, 0.2) is 5.78 Å². The number of aryl methyl sites for hydroxylation is 1. The van der Waals surface area contributed by atoms with Crippen LogP contribution in [0.3, 0.4) is 0 Å². The zero-order valence-electron chi connectivity index (χ0n) is 12.9. The van der Waals surface area contributed by atoms with Crippen molar-refractivity contribution in [1.82, 2.24) is 0 Å². The molecular weight excluding hydrogens is 256 g/mol. The summed E-state index contributed by atoms with van der Waals surface area (Å²) in [7, 11) is 1.58. The lowest BCUT2D eigenvalue weighted by atomic mass is 9.97. The van der Waals surface area contributed by atoms with E-state index in [0.717, 1.165) is 5.56 Å². The summed E-state index contributed by atoms with van der Waals surface area (Å²) < 4.78 is 10.4. The standard InChI is InChI=1S/C16H22O4/c1-10-9-12(7-8-13(10)19-6)14(17)11(2)15(18)20-16(3,4)5/h7-9,11H,1-6H3. The number of hydrogen-bond donors (Lipinski definition) is 0. The monoisotopic (exact) mass is 278 g/mol. The number of hydrogen-bond acceptors (Lipinski definition) is 4. The van der Waals surface area contributed by atoms with Crippen LogP contribution in [0.15, 0.2) is 18.2 Å². The number of benzene rings is 1. The van der Waals surface area contributed by atoms with E-state index in [9.17, 15) is 9.59 Å². The molecule has 0 amide bonds. The van der Waals surface area contributed by atoms with E-state index in [0.29, 0.717) is 11.3 Å². The first-order chi connectivity index (χ1) is 9.15. The molecule has 110 valence electrons. The number of ketones is 1. The molecule has 1 aromatic rings. The van der Waals surface area contributed by atoms with Crippen molar-refractivity contribution in [2.24, 2.45) is 5.92 Å². The maximum atomic E-state index is 12.3. The van der Waals surface area contributed by atoms with Gasteiger partial charge >= 0.3 is 5.97 Å². The lowest BCUT2D eigenvalue weighted by Gasteiger charge is -2.21. The molecule has 0 saturated heterocycles. The van der Waals surface area contributed by atoms with Gasteiger partial charge in [0, 0.05) is 5.56 Å². The Bertz CT molecular complexity index is 512. The predicted molar refractivity (Wildman–Crippen MR) is 77.1 cm³/mol. The van der Waals surface area contributed by atoms with Gasteiger partial charge in [0.05, 0.1) is 7.11 Å². The first kappa shape index (κ1) is 16.2. The van der Waals surface area contributed by atoms with E-state index < -0.39 is 17.5 Å². The molecule has 0 aliphatic carbocycles. The maximum Gasteiger partial charge on any atom is 0.317 e. The fourth-order valence-electron chi connectivity index (χ4n) is 1.78. The Morgan fingerprint density at radius 3 is 2.25 bits per heavy atom. The Hall–Kier alpha value is -1.84. The van der Waals surface area contributed by atoms with Crippen LogP contribution in [0, 0.1) is 12.8 Å². The van der Waals surface area contributed by atoms with E-state index in [-0.39, 0.29) is 5.78 Å². The third-order valence-electron chi connectivity index (χ3n) is 2.83. The quantitative estimate of drug-likeness (QED) is 0.482. The van der Waals surface area contributed by atoms with E-state index in [4.69, 9.17) is 9.47 Å². The molecule has 0 aliphatic rings. The molecule has 0 saturated carbocycles. The summed E-state index contributed by atoms with van der Waals surface area (Å²) in [5.41, 5.74) is 0.748. The molecule has 20 heavy (non-hydrogen) atoms. The molecule has 0 radical (unpaired) electrons. The zero-order valence-corrected chi connectivity index (χ0v) is 12.9. The van der Waals surface area contributed by atoms with Crippen LogP contribution in [0.25, 0.3) is 0 Å².